The average Bonchev–Trinajstić information content (AvgIpc) is 3.33. The van der Waals surface area contributed by atoms with Crippen LogP contribution in [-0.4, -0.2) is 16.1 Å². The number of hydrogen-bond acceptors (Lipinski definition) is 4. The van der Waals surface area contributed by atoms with Gasteiger partial charge in [0.05, 0.1) is 17.5 Å². The van der Waals surface area contributed by atoms with Crippen LogP contribution in [0.1, 0.15) is 27.1 Å². The van der Waals surface area contributed by atoms with Gasteiger partial charge < -0.3 is 10.4 Å². The Balaban J connectivity index is 1.57. The van der Waals surface area contributed by atoms with Crippen molar-refractivity contribution >= 4 is 33.9 Å². The van der Waals surface area contributed by atoms with Gasteiger partial charge in [0.25, 0.3) is 0 Å². The first-order valence-corrected chi connectivity index (χ1v) is 12.8. The molecule has 0 spiro atoms. The van der Waals surface area contributed by atoms with Crippen LogP contribution in [0.2, 0.25) is 0 Å². The molecule has 5 aromatic rings. The number of carboxylic acid groups (broad SMARTS) is 1. The predicted molar refractivity (Wildman–Crippen MR) is 144 cm³/mol. The number of anilines is 1. The highest BCUT2D eigenvalue weighted by molar-refractivity contribution is 7.10. The maximum absolute atomic E-state index is 13.8. The van der Waals surface area contributed by atoms with Crippen LogP contribution >= 0.6 is 11.3 Å². The number of hydrogen-bond donors (Lipinski definition) is 2. The number of nitrogens with one attached hydrogen (secondary N) is 1. The summed E-state index contributed by atoms with van der Waals surface area (Å²) in [5.41, 5.74) is 4.02. The van der Waals surface area contributed by atoms with Crippen LogP contribution in [0.25, 0.3) is 22.0 Å². The summed E-state index contributed by atoms with van der Waals surface area (Å²) >= 11 is 1.48. The minimum Gasteiger partial charge on any atom is -0.481 e. The van der Waals surface area contributed by atoms with Crippen LogP contribution in [0, 0.1) is 0 Å². The standard InChI is InChI=1S/C30H23F3N2O2S/c31-30(32,33)25-11-5-10-24-28(22(17-35-29(24)25)14-19-6-2-1-3-7-19)21-8-4-9-23(15-21)34-18-26-20(12-13-38-26)16-27(36)37/h1-13,15,17,34H,14,16,18H2,(H,36,37). The lowest BCUT2D eigenvalue weighted by Crippen LogP contribution is -2.07. The van der Waals surface area contributed by atoms with Gasteiger partial charge in [0.1, 0.15) is 0 Å². The van der Waals surface area contributed by atoms with Crippen molar-refractivity contribution in [3.05, 3.63) is 118 Å². The van der Waals surface area contributed by atoms with Crippen LogP contribution in [-0.2, 0) is 30.4 Å². The molecule has 0 saturated carbocycles. The van der Waals surface area contributed by atoms with E-state index in [9.17, 15) is 18.0 Å². The molecular formula is C30H23F3N2O2S. The summed E-state index contributed by atoms with van der Waals surface area (Å²) in [5, 5.41) is 14.8. The van der Waals surface area contributed by atoms with E-state index in [0.717, 1.165) is 38.9 Å². The number of aromatic nitrogens is 1. The van der Waals surface area contributed by atoms with Crippen molar-refractivity contribution in [3.8, 4) is 11.1 Å². The van der Waals surface area contributed by atoms with Crippen LogP contribution in [0.15, 0.2) is 90.4 Å². The molecule has 8 heteroatoms. The molecule has 0 aliphatic heterocycles. The Kier molecular flexibility index (Phi) is 7.15. The highest BCUT2D eigenvalue weighted by atomic mass is 32.1. The number of fused-ring (bicyclic) bond motifs is 1. The molecule has 2 heterocycles. The van der Waals surface area contributed by atoms with Gasteiger partial charge in [-0.2, -0.15) is 13.2 Å². The van der Waals surface area contributed by atoms with E-state index in [4.69, 9.17) is 5.11 Å². The van der Waals surface area contributed by atoms with Crippen LogP contribution in [0.4, 0.5) is 18.9 Å². The monoisotopic (exact) mass is 532 g/mol. The van der Waals surface area contributed by atoms with E-state index >= 15 is 0 Å². The van der Waals surface area contributed by atoms with Crippen molar-refractivity contribution < 1.29 is 23.1 Å². The number of nitrogens with zero attached hydrogens (tertiary/aromatic N) is 1. The second-order valence-electron chi connectivity index (χ2n) is 8.89. The number of para-hydroxylation sites is 1. The Hall–Kier alpha value is -4.17. The van der Waals surface area contributed by atoms with E-state index < -0.39 is 17.7 Å². The zero-order valence-corrected chi connectivity index (χ0v) is 20.9. The molecule has 0 aliphatic rings. The highest BCUT2D eigenvalue weighted by Gasteiger charge is 2.33. The maximum atomic E-state index is 13.8. The zero-order valence-electron chi connectivity index (χ0n) is 20.1. The van der Waals surface area contributed by atoms with Crippen molar-refractivity contribution in [2.24, 2.45) is 0 Å². The number of alkyl halides is 3. The van der Waals surface area contributed by atoms with E-state index in [0.29, 0.717) is 23.9 Å². The summed E-state index contributed by atoms with van der Waals surface area (Å²) in [7, 11) is 0. The minimum atomic E-state index is -4.53. The fourth-order valence-corrected chi connectivity index (χ4v) is 5.44. The second-order valence-corrected chi connectivity index (χ2v) is 9.89. The first-order chi connectivity index (χ1) is 18.3. The summed E-state index contributed by atoms with van der Waals surface area (Å²) in [6.45, 7) is 0.440. The Morgan fingerprint density at radius 1 is 0.947 bits per heavy atom. The Morgan fingerprint density at radius 2 is 1.74 bits per heavy atom. The molecule has 0 fully saturated rings. The molecule has 0 aliphatic carbocycles. The van der Waals surface area contributed by atoms with Gasteiger partial charge >= 0.3 is 12.1 Å². The predicted octanol–water partition coefficient (Wildman–Crippen LogP) is 7.81. The summed E-state index contributed by atoms with van der Waals surface area (Å²) in [5.74, 6) is -0.889. The molecular weight excluding hydrogens is 509 g/mol. The van der Waals surface area contributed by atoms with E-state index in [-0.39, 0.29) is 11.9 Å². The second kappa shape index (κ2) is 10.7. The van der Waals surface area contributed by atoms with Crippen LogP contribution in [0.5, 0.6) is 0 Å². The van der Waals surface area contributed by atoms with Gasteiger partial charge in [0.2, 0.25) is 0 Å². The number of carboxylic acids is 1. The summed E-state index contributed by atoms with van der Waals surface area (Å²) in [6.07, 6.45) is -2.51. The third kappa shape index (κ3) is 5.55. The molecule has 2 N–H and O–H groups in total. The van der Waals surface area contributed by atoms with Gasteiger partial charge in [0.15, 0.2) is 0 Å². The normalized spacial score (nSPS) is 11.6. The largest absolute Gasteiger partial charge is 0.481 e. The minimum absolute atomic E-state index is 0.0477. The number of halogens is 3. The van der Waals surface area contributed by atoms with Crippen molar-refractivity contribution in [2.45, 2.75) is 25.6 Å². The van der Waals surface area contributed by atoms with Crippen molar-refractivity contribution in [3.63, 3.8) is 0 Å². The molecule has 38 heavy (non-hydrogen) atoms. The summed E-state index contributed by atoms with van der Waals surface area (Å²) in [4.78, 5) is 16.4. The van der Waals surface area contributed by atoms with Crippen LogP contribution < -0.4 is 5.32 Å². The summed E-state index contributed by atoms with van der Waals surface area (Å²) < 4.78 is 41.5. The number of rotatable bonds is 8. The SMILES string of the molecule is O=C(O)Cc1ccsc1CNc1cccc(-c2c(Cc3ccccc3)cnc3c(C(F)(F)F)cccc23)c1. The molecule has 0 saturated heterocycles. The van der Waals surface area contributed by atoms with Gasteiger partial charge in [-0.25, -0.2) is 0 Å². The lowest BCUT2D eigenvalue weighted by Gasteiger charge is -2.17. The molecule has 2 aromatic heterocycles. The van der Waals surface area contributed by atoms with Crippen LogP contribution in [0.3, 0.4) is 0 Å². The third-order valence-corrected chi connectivity index (χ3v) is 7.27. The highest BCUT2D eigenvalue weighted by Crippen LogP contribution is 2.39. The van der Waals surface area contributed by atoms with Crippen molar-refractivity contribution in [1.82, 2.24) is 4.98 Å². The number of aliphatic carboxylic acids is 1. The van der Waals surface area contributed by atoms with E-state index in [1.807, 2.05) is 66.0 Å². The van der Waals surface area contributed by atoms with Gasteiger partial charge in [-0.3, -0.25) is 9.78 Å². The molecule has 0 unspecified atom stereocenters. The Bertz CT molecular complexity index is 1600. The maximum Gasteiger partial charge on any atom is 0.418 e. The summed E-state index contributed by atoms with van der Waals surface area (Å²) in [6, 6.07) is 23.3. The van der Waals surface area contributed by atoms with Gasteiger partial charge in [-0.1, -0.05) is 54.6 Å². The van der Waals surface area contributed by atoms with E-state index in [1.165, 1.54) is 17.4 Å². The fraction of sp³-hybridized carbons (Fsp3) is 0.133. The number of carbonyl (C=O) groups is 1. The molecule has 0 radical (unpaired) electrons. The Morgan fingerprint density at radius 3 is 2.50 bits per heavy atom. The molecule has 5 rings (SSSR count). The Labute approximate surface area is 221 Å². The van der Waals surface area contributed by atoms with E-state index in [2.05, 4.69) is 10.3 Å². The number of benzene rings is 3. The van der Waals surface area contributed by atoms with E-state index in [1.54, 1.807) is 12.3 Å². The molecule has 3 aromatic carbocycles. The van der Waals surface area contributed by atoms with Gasteiger partial charge in [-0.15, -0.1) is 11.3 Å². The first-order valence-electron chi connectivity index (χ1n) is 11.9. The van der Waals surface area contributed by atoms with Gasteiger partial charge in [0, 0.05) is 28.7 Å². The molecule has 0 amide bonds. The topological polar surface area (TPSA) is 62.2 Å². The van der Waals surface area contributed by atoms with Crippen molar-refractivity contribution in [2.75, 3.05) is 5.32 Å². The number of pyridine rings is 1. The smallest absolute Gasteiger partial charge is 0.418 e. The van der Waals surface area contributed by atoms with Crippen molar-refractivity contribution in [1.29, 1.82) is 0 Å². The lowest BCUT2D eigenvalue weighted by molar-refractivity contribution is -0.137. The quantitative estimate of drug-likeness (QED) is 0.214. The number of thiophene rings is 1. The zero-order chi connectivity index (χ0) is 26.7. The molecule has 192 valence electrons. The third-order valence-electron chi connectivity index (χ3n) is 6.30. The molecule has 0 bridgehead atoms. The first kappa shape index (κ1) is 25.5. The lowest BCUT2D eigenvalue weighted by atomic mass is 9.91. The average molecular weight is 533 g/mol. The molecule has 0 atom stereocenters. The molecule has 4 nitrogen and oxygen atoms in total. The van der Waals surface area contributed by atoms with Gasteiger partial charge in [-0.05, 0) is 63.9 Å². The fourth-order valence-electron chi connectivity index (χ4n) is 4.59.